The van der Waals surface area contributed by atoms with Crippen LogP contribution in [-0.2, 0) is 14.4 Å². The summed E-state index contributed by atoms with van der Waals surface area (Å²) in [5, 5.41) is 13.4. The summed E-state index contributed by atoms with van der Waals surface area (Å²) >= 11 is 1.29. The lowest BCUT2D eigenvalue weighted by Gasteiger charge is -2.15. The minimum absolute atomic E-state index is 0.0612. The zero-order chi connectivity index (χ0) is 34.2. The quantitative estimate of drug-likeness (QED) is 0.0885. The van der Waals surface area contributed by atoms with E-state index in [0.29, 0.717) is 22.6 Å². The highest BCUT2D eigenvalue weighted by atomic mass is 32.2. The fraction of sp³-hybridized carbons (Fsp3) is 0.0769. The van der Waals surface area contributed by atoms with Crippen LogP contribution in [0.1, 0.15) is 27.9 Å². The zero-order valence-corrected chi connectivity index (χ0v) is 27.3. The molecule has 1 fully saturated rings. The molecule has 1 saturated heterocycles. The van der Waals surface area contributed by atoms with E-state index in [1.54, 1.807) is 78.9 Å². The molecule has 1 aliphatic rings. The van der Waals surface area contributed by atoms with Gasteiger partial charge in [-0.2, -0.15) is 10.2 Å². The standard InChI is InChI=1S/C39H31N5O4S/c1-26-9-8-10-27(23-26)24-34(41-37(46)28-11-4-2-5-12-28)38(47)40-29-17-21-33(22-18-29)49-35-25-36(45)44(39(35)48)32-19-15-31(16-20-32)43-42-30-13-6-3-7-14-30/h2-24,35H,25H2,1H3,(H,40,47)(H,41,46). The van der Waals surface area contributed by atoms with Crippen LogP contribution >= 0.6 is 11.8 Å². The van der Waals surface area contributed by atoms with Crippen molar-refractivity contribution in [2.45, 2.75) is 23.5 Å². The molecule has 9 nitrogen and oxygen atoms in total. The van der Waals surface area contributed by atoms with E-state index in [-0.39, 0.29) is 23.9 Å². The monoisotopic (exact) mass is 665 g/mol. The fourth-order valence-corrected chi connectivity index (χ4v) is 6.15. The Balaban J connectivity index is 1.10. The maximum absolute atomic E-state index is 13.4. The number of imide groups is 1. The second-order valence-corrected chi connectivity index (χ2v) is 12.5. The SMILES string of the molecule is Cc1cccc(C=C(NC(=O)c2ccccc2)C(=O)Nc2ccc(SC3CC(=O)N(c4ccc(N=Nc5ccccc5)cc4)C3=O)cc2)c1. The van der Waals surface area contributed by atoms with Crippen molar-refractivity contribution in [1.82, 2.24) is 5.32 Å². The Labute approximate surface area is 287 Å². The van der Waals surface area contributed by atoms with E-state index in [2.05, 4.69) is 20.9 Å². The predicted molar refractivity (Wildman–Crippen MR) is 192 cm³/mol. The van der Waals surface area contributed by atoms with Crippen molar-refractivity contribution in [3.63, 3.8) is 0 Å². The summed E-state index contributed by atoms with van der Waals surface area (Å²) in [6.07, 6.45) is 1.69. The highest BCUT2D eigenvalue weighted by Gasteiger charge is 2.40. The van der Waals surface area contributed by atoms with Gasteiger partial charge in [-0.1, -0.05) is 66.2 Å². The summed E-state index contributed by atoms with van der Waals surface area (Å²) in [4.78, 5) is 54.5. The molecule has 5 aromatic rings. The lowest BCUT2D eigenvalue weighted by Crippen LogP contribution is -2.31. The summed E-state index contributed by atoms with van der Waals surface area (Å²) < 4.78 is 0. The first-order valence-corrected chi connectivity index (χ1v) is 16.4. The lowest BCUT2D eigenvalue weighted by atomic mass is 10.1. The number of benzene rings is 5. The number of carbonyl (C=O) groups excluding carboxylic acids is 4. The second kappa shape index (κ2) is 15.2. The fourth-order valence-electron chi connectivity index (χ4n) is 5.09. The van der Waals surface area contributed by atoms with Gasteiger partial charge in [0.25, 0.3) is 11.8 Å². The van der Waals surface area contributed by atoms with Crippen molar-refractivity contribution in [3.05, 3.63) is 156 Å². The number of azo groups is 1. The first-order chi connectivity index (χ1) is 23.8. The van der Waals surface area contributed by atoms with Gasteiger partial charge in [-0.15, -0.1) is 11.8 Å². The Kier molecular flexibility index (Phi) is 10.2. The van der Waals surface area contributed by atoms with Crippen LogP contribution in [0.3, 0.4) is 0 Å². The number of thioether (sulfide) groups is 1. The number of carbonyl (C=O) groups is 4. The summed E-state index contributed by atoms with van der Waals surface area (Å²) in [5.41, 5.74) is 4.58. The zero-order valence-electron chi connectivity index (χ0n) is 26.4. The third kappa shape index (κ3) is 8.43. The van der Waals surface area contributed by atoms with Crippen LogP contribution < -0.4 is 15.5 Å². The molecule has 1 atom stereocenters. The Morgan fingerprint density at radius 1 is 0.776 bits per heavy atom. The van der Waals surface area contributed by atoms with Gasteiger partial charge in [-0.3, -0.25) is 19.2 Å². The minimum atomic E-state index is -0.595. The number of nitrogens with zero attached hydrogens (tertiary/aromatic N) is 3. The first-order valence-electron chi connectivity index (χ1n) is 15.5. The molecule has 242 valence electrons. The smallest absolute Gasteiger partial charge is 0.272 e. The second-order valence-electron chi connectivity index (χ2n) is 11.2. The van der Waals surface area contributed by atoms with Gasteiger partial charge in [-0.25, -0.2) is 4.90 Å². The minimum Gasteiger partial charge on any atom is -0.321 e. The highest BCUT2D eigenvalue weighted by molar-refractivity contribution is 8.00. The number of anilines is 2. The molecule has 1 aliphatic heterocycles. The predicted octanol–water partition coefficient (Wildman–Crippen LogP) is 8.24. The molecule has 0 spiro atoms. The van der Waals surface area contributed by atoms with Gasteiger partial charge < -0.3 is 10.6 Å². The molecule has 6 rings (SSSR count). The van der Waals surface area contributed by atoms with Gasteiger partial charge in [0.2, 0.25) is 11.8 Å². The molecular weight excluding hydrogens is 635 g/mol. The number of aryl methyl sites for hydroxylation is 1. The Bertz CT molecular complexity index is 2050. The van der Waals surface area contributed by atoms with Gasteiger partial charge in [0.15, 0.2) is 0 Å². The molecule has 1 heterocycles. The number of amides is 4. The van der Waals surface area contributed by atoms with Crippen LogP contribution in [-0.4, -0.2) is 28.9 Å². The van der Waals surface area contributed by atoms with Crippen molar-refractivity contribution < 1.29 is 19.2 Å². The summed E-state index contributed by atoms with van der Waals surface area (Å²) in [7, 11) is 0. The van der Waals surface area contributed by atoms with Crippen LogP contribution in [0.15, 0.2) is 154 Å². The summed E-state index contributed by atoms with van der Waals surface area (Å²) in [5.74, 6) is -1.48. The van der Waals surface area contributed by atoms with Crippen molar-refractivity contribution in [1.29, 1.82) is 0 Å². The Hall–Kier alpha value is -6.13. The van der Waals surface area contributed by atoms with Crippen molar-refractivity contribution >= 4 is 64.2 Å². The number of nitrogens with one attached hydrogen (secondary N) is 2. The van der Waals surface area contributed by atoms with Crippen molar-refractivity contribution in [3.8, 4) is 0 Å². The normalized spacial score (nSPS) is 14.7. The topological polar surface area (TPSA) is 120 Å². The average molecular weight is 666 g/mol. The van der Waals surface area contributed by atoms with Crippen molar-refractivity contribution in [2.24, 2.45) is 10.2 Å². The van der Waals surface area contributed by atoms with Gasteiger partial charge in [0, 0.05) is 22.6 Å². The Morgan fingerprint density at radius 3 is 2.10 bits per heavy atom. The molecule has 0 aliphatic carbocycles. The molecule has 0 radical (unpaired) electrons. The molecule has 1 unspecified atom stereocenters. The lowest BCUT2D eigenvalue weighted by molar-refractivity contribution is -0.121. The first kappa shape index (κ1) is 32.8. The highest BCUT2D eigenvalue weighted by Crippen LogP contribution is 2.35. The third-order valence-electron chi connectivity index (χ3n) is 7.52. The molecule has 0 aromatic heterocycles. The van der Waals surface area contributed by atoms with E-state index >= 15 is 0 Å². The molecule has 4 amide bonds. The van der Waals surface area contributed by atoms with Crippen LogP contribution in [0.5, 0.6) is 0 Å². The average Bonchev–Trinajstić information content (AvgIpc) is 3.40. The molecule has 10 heteroatoms. The van der Waals surface area contributed by atoms with Crippen LogP contribution in [0, 0.1) is 6.92 Å². The van der Waals surface area contributed by atoms with E-state index in [9.17, 15) is 19.2 Å². The molecular formula is C39H31N5O4S. The molecule has 2 N–H and O–H groups in total. The number of hydrogen-bond donors (Lipinski definition) is 2. The summed E-state index contributed by atoms with van der Waals surface area (Å²) in [6.45, 7) is 1.95. The van der Waals surface area contributed by atoms with E-state index < -0.39 is 17.1 Å². The van der Waals surface area contributed by atoms with E-state index in [0.717, 1.165) is 21.7 Å². The number of hydrogen-bond acceptors (Lipinski definition) is 7. The van der Waals surface area contributed by atoms with Crippen LogP contribution in [0.2, 0.25) is 0 Å². The summed E-state index contributed by atoms with van der Waals surface area (Å²) in [6, 6.07) is 39.4. The molecule has 0 saturated carbocycles. The van der Waals surface area contributed by atoms with Crippen LogP contribution in [0.25, 0.3) is 6.08 Å². The van der Waals surface area contributed by atoms with Gasteiger partial charge in [-0.05, 0) is 91.4 Å². The van der Waals surface area contributed by atoms with E-state index in [1.807, 2.05) is 67.6 Å². The van der Waals surface area contributed by atoms with Crippen LogP contribution in [0.4, 0.5) is 22.7 Å². The Morgan fingerprint density at radius 2 is 1.43 bits per heavy atom. The maximum atomic E-state index is 13.4. The molecule has 5 aromatic carbocycles. The van der Waals surface area contributed by atoms with E-state index in [4.69, 9.17) is 0 Å². The number of rotatable bonds is 10. The molecule has 49 heavy (non-hydrogen) atoms. The molecule has 0 bridgehead atoms. The maximum Gasteiger partial charge on any atom is 0.272 e. The van der Waals surface area contributed by atoms with Gasteiger partial charge in [0.05, 0.1) is 22.3 Å². The van der Waals surface area contributed by atoms with E-state index in [1.165, 1.54) is 16.7 Å². The van der Waals surface area contributed by atoms with Crippen molar-refractivity contribution in [2.75, 3.05) is 10.2 Å². The largest absolute Gasteiger partial charge is 0.321 e. The van der Waals surface area contributed by atoms with Gasteiger partial charge in [0.1, 0.15) is 5.70 Å². The van der Waals surface area contributed by atoms with Gasteiger partial charge >= 0.3 is 0 Å². The third-order valence-corrected chi connectivity index (χ3v) is 8.72.